The van der Waals surface area contributed by atoms with Gasteiger partial charge in [0.25, 0.3) is 0 Å². The van der Waals surface area contributed by atoms with Gasteiger partial charge in [-0.1, -0.05) is 44.2 Å². The molecular formula is C25H23N2O+. The average Bonchev–Trinajstić information content (AvgIpc) is 3.03. The van der Waals surface area contributed by atoms with Crippen molar-refractivity contribution in [3.05, 3.63) is 71.9 Å². The molecule has 0 aliphatic carbocycles. The molecule has 138 valence electrons. The van der Waals surface area contributed by atoms with Crippen LogP contribution in [0.15, 0.2) is 65.2 Å². The van der Waals surface area contributed by atoms with Gasteiger partial charge in [-0.2, -0.15) is 0 Å². The van der Waals surface area contributed by atoms with Crippen LogP contribution in [-0.4, -0.2) is 4.98 Å². The monoisotopic (exact) mass is 368 g/mol. The van der Waals surface area contributed by atoms with Crippen molar-refractivity contribution in [1.82, 2.24) is 4.98 Å². The highest BCUT2D eigenvalue weighted by Gasteiger charge is 2.21. The molecule has 0 N–H and O–H groups in total. The topological polar surface area (TPSA) is 29.9 Å². The predicted octanol–water partition coefficient (Wildman–Crippen LogP) is 6.06. The van der Waals surface area contributed by atoms with Gasteiger partial charge in [0.15, 0.2) is 11.8 Å². The van der Waals surface area contributed by atoms with E-state index < -0.39 is 5.89 Å². The molecule has 5 rings (SSSR count). The van der Waals surface area contributed by atoms with Crippen molar-refractivity contribution in [2.45, 2.75) is 26.7 Å². The van der Waals surface area contributed by atoms with Crippen LogP contribution in [0.4, 0.5) is 0 Å². The molecule has 0 radical (unpaired) electrons. The van der Waals surface area contributed by atoms with Crippen LogP contribution in [0.5, 0.6) is 0 Å². The first kappa shape index (κ1) is 15.8. The van der Waals surface area contributed by atoms with Gasteiger partial charge < -0.3 is 4.42 Å². The van der Waals surface area contributed by atoms with Crippen LogP contribution in [0.25, 0.3) is 44.2 Å². The summed E-state index contributed by atoms with van der Waals surface area (Å²) in [6.45, 7) is 5.92. The van der Waals surface area contributed by atoms with Crippen LogP contribution in [-0.2, 0) is 7.05 Å². The second-order valence-corrected chi connectivity index (χ2v) is 7.68. The molecule has 0 saturated heterocycles. The Morgan fingerprint density at radius 2 is 1.86 bits per heavy atom. The highest BCUT2D eigenvalue weighted by Crippen LogP contribution is 2.37. The molecule has 0 unspecified atom stereocenters. The van der Waals surface area contributed by atoms with Gasteiger partial charge >= 0.3 is 0 Å². The minimum atomic E-state index is -0.638. The van der Waals surface area contributed by atoms with Gasteiger partial charge in [0.1, 0.15) is 7.05 Å². The summed E-state index contributed by atoms with van der Waals surface area (Å²) in [7, 11) is 2.03. The van der Waals surface area contributed by atoms with Gasteiger partial charge in [0.2, 0.25) is 11.4 Å². The molecule has 3 aromatic heterocycles. The summed E-state index contributed by atoms with van der Waals surface area (Å²) >= 11 is 0. The highest BCUT2D eigenvalue weighted by atomic mass is 16.3. The van der Waals surface area contributed by atoms with Crippen LogP contribution in [0.1, 0.15) is 32.2 Å². The second kappa shape index (κ2) is 6.16. The number of nitrogens with zero attached hydrogens (tertiary/aromatic N) is 2. The Labute approximate surface area is 165 Å². The van der Waals surface area contributed by atoms with Gasteiger partial charge in [-0.25, -0.2) is 9.55 Å². The number of hydrogen-bond donors (Lipinski definition) is 0. The molecule has 0 spiro atoms. The molecule has 28 heavy (non-hydrogen) atoms. The number of hydrogen-bond acceptors (Lipinski definition) is 2. The number of aryl methyl sites for hydroxylation is 2. The molecule has 0 atom stereocenters. The molecule has 0 amide bonds. The van der Waals surface area contributed by atoms with Crippen LogP contribution in [0.3, 0.4) is 0 Å². The third-order valence-corrected chi connectivity index (χ3v) is 5.51. The fourth-order valence-electron chi connectivity index (χ4n) is 3.95. The van der Waals surface area contributed by atoms with E-state index in [2.05, 4.69) is 41.8 Å². The number of fused-ring (bicyclic) bond motifs is 4. The number of aromatic nitrogens is 2. The first-order valence-electron chi connectivity index (χ1n) is 10.0. The molecule has 5 aromatic rings. The van der Waals surface area contributed by atoms with E-state index in [-0.39, 0.29) is 0 Å². The first-order valence-corrected chi connectivity index (χ1v) is 9.55. The summed E-state index contributed by atoms with van der Waals surface area (Å²) in [5.41, 5.74) is 6.71. The van der Waals surface area contributed by atoms with Crippen molar-refractivity contribution in [3.8, 4) is 11.3 Å². The van der Waals surface area contributed by atoms with Gasteiger partial charge in [0.05, 0.1) is 11.1 Å². The molecule has 0 saturated carbocycles. The van der Waals surface area contributed by atoms with E-state index in [1.165, 1.54) is 0 Å². The Morgan fingerprint density at radius 1 is 1.04 bits per heavy atom. The maximum atomic E-state index is 8.32. The Bertz CT molecular complexity index is 1410. The molecule has 0 aliphatic rings. The zero-order chi connectivity index (χ0) is 20.3. The normalized spacial score (nSPS) is 12.8. The van der Waals surface area contributed by atoms with Crippen molar-refractivity contribution in [2.24, 2.45) is 7.05 Å². The maximum Gasteiger partial charge on any atom is 0.227 e. The molecule has 3 heteroatoms. The number of rotatable bonds is 2. The molecule has 2 aromatic carbocycles. The zero-order valence-corrected chi connectivity index (χ0v) is 16.6. The van der Waals surface area contributed by atoms with Crippen LogP contribution in [0, 0.1) is 6.92 Å². The molecule has 3 nitrogen and oxygen atoms in total. The predicted molar refractivity (Wildman–Crippen MR) is 114 cm³/mol. The summed E-state index contributed by atoms with van der Waals surface area (Å²) in [6.07, 6.45) is 2.04. The second-order valence-electron chi connectivity index (χ2n) is 7.68. The highest BCUT2D eigenvalue weighted by molar-refractivity contribution is 6.11. The number of furan rings is 1. The SMILES string of the molecule is [2H]C(C)(C)c1ccc(-c2c(C)ccc3c2oc2nc4ccccc4cc23)[n+](C)c1. The zero-order valence-electron chi connectivity index (χ0n) is 17.6. The fraction of sp³-hybridized carbons (Fsp3) is 0.200. The number of benzene rings is 2. The van der Waals surface area contributed by atoms with Gasteiger partial charge in [0, 0.05) is 29.2 Å². The fourth-order valence-corrected chi connectivity index (χ4v) is 3.95. The smallest absolute Gasteiger partial charge is 0.227 e. The minimum absolute atomic E-state index is 0.638. The Hall–Kier alpha value is -3.20. The van der Waals surface area contributed by atoms with E-state index in [9.17, 15) is 0 Å². The maximum absolute atomic E-state index is 8.32. The number of para-hydroxylation sites is 1. The van der Waals surface area contributed by atoms with Crippen molar-refractivity contribution < 1.29 is 10.4 Å². The van der Waals surface area contributed by atoms with Crippen molar-refractivity contribution >= 4 is 33.0 Å². The van der Waals surface area contributed by atoms with E-state index in [4.69, 9.17) is 10.8 Å². The minimum Gasteiger partial charge on any atom is -0.437 e. The van der Waals surface area contributed by atoms with E-state index in [1.54, 1.807) is 0 Å². The average molecular weight is 368 g/mol. The Balaban J connectivity index is 1.82. The van der Waals surface area contributed by atoms with E-state index in [1.807, 2.05) is 51.4 Å². The van der Waals surface area contributed by atoms with Gasteiger partial charge in [-0.3, -0.25) is 0 Å². The third-order valence-electron chi connectivity index (χ3n) is 5.51. The molecule has 3 heterocycles. The Kier molecular flexibility index (Phi) is 3.48. The van der Waals surface area contributed by atoms with Gasteiger partial charge in [-0.15, -0.1) is 0 Å². The van der Waals surface area contributed by atoms with E-state index in [0.29, 0.717) is 5.71 Å². The van der Waals surface area contributed by atoms with E-state index in [0.717, 1.165) is 49.6 Å². The van der Waals surface area contributed by atoms with Crippen molar-refractivity contribution in [3.63, 3.8) is 0 Å². The Morgan fingerprint density at radius 3 is 2.64 bits per heavy atom. The quantitative estimate of drug-likeness (QED) is 0.355. The lowest BCUT2D eigenvalue weighted by Gasteiger charge is -2.08. The summed E-state index contributed by atoms with van der Waals surface area (Å²) in [6, 6.07) is 18.7. The summed E-state index contributed by atoms with van der Waals surface area (Å²) in [5, 5.41) is 3.22. The summed E-state index contributed by atoms with van der Waals surface area (Å²) < 4.78 is 16.7. The first-order chi connectivity index (χ1) is 13.8. The van der Waals surface area contributed by atoms with Crippen LogP contribution in [0.2, 0.25) is 0 Å². The molecule has 0 bridgehead atoms. The van der Waals surface area contributed by atoms with Crippen LogP contribution >= 0.6 is 0 Å². The van der Waals surface area contributed by atoms with Crippen molar-refractivity contribution in [2.75, 3.05) is 0 Å². The van der Waals surface area contributed by atoms with Gasteiger partial charge in [-0.05, 0) is 36.6 Å². The lowest BCUT2D eigenvalue weighted by Crippen LogP contribution is -2.31. The molecular weight excluding hydrogens is 344 g/mol. The summed E-state index contributed by atoms with van der Waals surface area (Å²) in [4.78, 5) is 4.75. The largest absolute Gasteiger partial charge is 0.437 e. The molecule has 0 aliphatic heterocycles. The van der Waals surface area contributed by atoms with Crippen molar-refractivity contribution in [1.29, 1.82) is 0 Å². The number of pyridine rings is 2. The lowest BCUT2D eigenvalue weighted by molar-refractivity contribution is -0.660. The standard InChI is InChI=1S/C25H23N2O/c1-15(2)18-10-12-22(27(4)14-18)23-16(3)9-11-19-20-13-17-7-5-6-8-21(17)26-25(20)28-24(19)23/h5-15H,1-4H3/q+1/i15D. The van der Waals surface area contributed by atoms with E-state index >= 15 is 0 Å². The van der Waals surface area contributed by atoms with Crippen LogP contribution < -0.4 is 4.57 Å². The lowest BCUT2D eigenvalue weighted by atomic mass is 9.99. The molecule has 0 fully saturated rings. The summed E-state index contributed by atoms with van der Waals surface area (Å²) in [5.74, 6) is -0.638. The third kappa shape index (κ3) is 2.50.